The molecule has 112 valence electrons. The second kappa shape index (κ2) is 6.18. The summed E-state index contributed by atoms with van der Waals surface area (Å²) < 4.78 is 43.7. The minimum Gasteiger partial charge on any atom is -0.492 e. The van der Waals surface area contributed by atoms with Crippen LogP contribution in [-0.2, 0) is 6.18 Å². The molecule has 21 heavy (non-hydrogen) atoms. The number of aryl methyl sites for hydroxylation is 1. The smallest absolute Gasteiger partial charge is 0.416 e. The Morgan fingerprint density at radius 2 is 1.76 bits per heavy atom. The first-order valence-electron chi connectivity index (χ1n) is 6.53. The summed E-state index contributed by atoms with van der Waals surface area (Å²) in [5.41, 5.74) is 6.83. The maximum Gasteiger partial charge on any atom is 0.416 e. The molecule has 0 heterocycles. The van der Waals surface area contributed by atoms with E-state index in [1.54, 1.807) is 24.3 Å². The van der Waals surface area contributed by atoms with Gasteiger partial charge in [0.15, 0.2) is 0 Å². The molecule has 0 spiro atoms. The molecule has 0 fully saturated rings. The molecule has 0 radical (unpaired) electrons. The van der Waals surface area contributed by atoms with Crippen molar-refractivity contribution in [3.05, 3.63) is 53.6 Å². The normalized spacial score (nSPS) is 11.5. The third-order valence-electron chi connectivity index (χ3n) is 3.07. The summed E-state index contributed by atoms with van der Waals surface area (Å²) >= 11 is 0. The summed E-state index contributed by atoms with van der Waals surface area (Å²) in [5, 5.41) is 0. The molecule has 2 rings (SSSR count). The fourth-order valence-electron chi connectivity index (χ4n) is 2.03. The van der Waals surface area contributed by atoms with Crippen LogP contribution >= 0.6 is 0 Å². The Bertz CT molecular complexity index is 623. The topological polar surface area (TPSA) is 35.2 Å². The van der Waals surface area contributed by atoms with E-state index in [0.717, 1.165) is 23.3 Å². The van der Waals surface area contributed by atoms with E-state index < -0.39 is 11.7 Å². The van der Waals surface area contributed by atoms with Crippen molar-refractivity contribution in [3.8, 4) is 16.9 Å². The zero-order valence-electron chi connectivity index (χ0n) is 11.6. The molecule has 0 aliphatic heterocycles. The predicted octanol–water partition coefficient (Wildman–Crippen LogP) is 4.02. The van der Waals surface area contributed by atoms with Gasteiger partial charge in [0.25, 0.3) is 0 Å². The molecule has 0 aromatic heterocycles. The van der Waals surface area contributed by atoms with E-state index in [1.165, 1.54) is 6.07 Å². The van der Waals surface area contributed by atoms with Crippen LogP contribution in [0.1, 0.15) is 11.1 Å². The van der Waals surface area contributed by atoms with E-state index in [2.05, 4.69) is 0 Å². The first-order valence-corrected chi connectivity index (χ1v) is 6.53. The van der Waals surface area contributed by atoms with Crippen LogP contribution < -0.4 is 10.5 Å². The number of hydrogen-bond donors (Lipinski definition) is 1. The molecule has 0 atom stereocenters. The predicted molar refractivity (Wildman–Crippen MR) is 76.2 cm³/mol. The van der Waals surface area contributed by atoms with Gasteiger partial charge in [0.05, 0.1) is 5.56 Å². The molecule has 0 unspecified atom stereocenters. The first kappa shape index (κ1) is 15.4. The van der Waals surface area contributed by atoms with E-state index >= 15 is 0 Å². The van der Waals surface area contributed by atoms with E-state index in [9.17, 15) is 13.2 Å². The quantitative estimate of drug-likeness (QED) is 0.924. The van der Waals surface area contributed by atoms with Crippen LogP contribution in [0.25, 0.3) is 11.1 Å². The maximum absolute atomic E-state index is 12.7. The monoisotopic (exact) mass is 295 g/mol. The van der Waals surface area contributed by atoms with E-state index in [4.69, 9.17) is 10.5 Å². The number of benzene rings is 2. The number of nitrogens with two attached hydrogens (primary N) is 1. The van der Waals surface area contributed by atoms with Crippen LogP contribution in [0.4, 0.5) is 13.2 Å². The molecule has 0 aliphatic carbocycles. The SMILES string of the molecule is Cc1cc(-c2cccc(C(F)(F)F)c2)ccc1OCCN. The summed E-state index contributed by atoms with van der Waals surface area (Å²) in [4.78, 5) is 0. The zero-order chi connectivity index (χ0) is 15.5. The Balaban J connectivity index is 2.32. The Morgan fingerprint density at radius 3 is 2.38 bits per heavy atom. The molecule has 5 heteroatoms. The lowest BCUT2D eigenvalue weighted by molar-refractivity contribution is -0.137. The Morgan fingerprint density at radius 1 is 1.05 bits per heavy atom. The molecular weight excluding hydrogens is 279 g/mol. The molecule has 0 amide bonds. The molecule has 0 bridgehead atoms. The van der Waals surface area contributed by atoms with E-state index in [1.807, 2.05) is 6.92 Å². The molecule has 2 nitrogen and oxygen atoms in total. The summed E-state index contributed by atoms with van der Waals surface area (Å²) in [5.74, 6) is 0.691. The van der Waals surface area contributed by atoms with Crippen molar-refractivity contribution in [2.24, 2.45) is 5.73 Å². The zero-order valence-corrected chi connectivity index (χ0v) is 11.6. The Hall–Kier alpha value is -2.01. The van der Waals surface area contributed by atoms with Crippen molar-refractivity contribution in [1.82, 2.24) is 0 Å². The highest BCUT2D eigenvalue weighted by atomic mass is 19.4. The molecule has 0 saturated heterocycles. The molecule has 0 saturated carbocycles. The Labute approximate surface area is 121 Å². The van der Waals surface area contributed by atoms with Gasteiger partial charge in [0, 0.05) is 6.54 Å². The van der Waals surface area contributed by atoms with Crippen LogP contribution in [-0.4, -0.2) is 13.2 Å². The van der Waals surface area contributed by atoms with Gasteiger partial charge in [-0.15, -0.1) is 0 Å². The van der Waals surface area contributed by atoms with Crippen LogP contribution in [0.2, 0.25) is 0 Å². The van der Waals surface area contributed by atoms with Crippen molar-refractivity contribution < 1.29 is 17.9 Å². The lowest BCUT2D eigenvalue weighted by Crippen LogP contribution is -2.11. The van der Waals surface area contributed by atoms with Gasteiger partial charge >= 0.3 is 6.18 Å². The van der Waals surface area contributed by atoms with Crippen molar-refractivity contribution >= 4 is 0 Å². The molecule has 2 aromatic rings. The van der Waals surface area contributed by atoms with Gasteiger partial charge in [-0.25, -0.2) is 0 Å². The maximum atomic E-state index is 12.7. The fraction of sp³-hybridized carbons (Fsp3) is 0.250. The van der Waals surface area contributed by atoms with Gasteiger partial charge < -0.3 is 10.5 Å². The molecule has 0 aliphatic rings. The van der Waals surface area contributed by atoms with Crippen LogP contribution in [0.15, 0.2) is 42.5 Å². The van der Waals surface area contributed by atoms with Gasteiger partial charge in [-0.1, -0.05) is 18.2 Å². The highest BCUT2D eigenvalue weighted by Gasteiger charge is 2.30. The highest BCUT2D eigenvalue weighted by Crippen LogP contribution is 2.33. The van der Waals surface area contributed by atoms with Gasteiger partial charge in [0.1, 0.15) is 12.4 Å². The van der Waals surface area contributed by atoms with Crippen molar-refractivity contribution in [2.75, 3.05) is 13.2 Å². The third kappa shape index (κ3) is 3.76. The van der Waals surface area contributed by atoms with E-state index in [0.29, 0.717) is 24.5 Å². The Kier molecular flexibility index (Phi) is 4.53. The molecular formula is C16H16F3NO. The summed E-state index contributed by atoms with van der Waals surface area (Å²) in [6, 6.07) is 10.6. The fourth-order valence-corrected chi connectivity index (χ4v) is 2.03. The number of rotatable bonds is 4. The van der Waals surface area contributed by atoms with Gasteiger partial charge in [0.2, 0.25) is 0 Å². The van der Waals surface area contributed by atoms with Gasteiger partial charge in [-0.2, -0.15) is 13.2 Å². The lowest BCUT2D eigenvalue weighted by Gasteiger charge is -2.12. The van der Waals surface area contributed by atoms with Crippen LogP contribution in [0.5, 0.6) is 5.75 Å². The number of halogens is 3. The number of hydrogen-bond acceptors (Lipinski definition) is 2. The van der Waals surface area contributed by atoms with Crippen molar-refractivity contribution in [1.29, 1.82) is 0 Å². The largest absolute Gasteiger partial charge is 0.492 e. The summed E-state index contributed by atoms with van der Waals surface area (Å²) in [7, 11) is 0. The average molecular weight is 295 g/mol. The van der Waals surface area contributed by atoms with Gasteiger partial charge in [-0.05, 0) is 47.9 Å². The third-order valence-corrected chi connectivity index (χ3v) is 3.07. The van der Waals surface area contributed by atoms with Crippen molar-refractivity contribution in [3.63, 3.8) is 0 Å². The standard InChI is InChI=1S/C16H16F3NO/c1-11-9-13(5-6-15(11)21-8-7-20)12-3-2-4-14(10-12)16(17,18)19/h2-6,9-10H,7-8,20H2,1H3. The molecule has 2 N–H and O–H groups in total. The van der Waals surface area contributed by atoms with Gasteiger partial charge in [-0.3, -0.25) is 0 Å². The lowest BCUT2D eigenvalue weighted by atomic mass is 10.0. The second-order valence-electron chi connectivity index (χ2n) is 4.70. The van der Waals surface area contributed by atoms with Crippen LogP contribution in [0, 0.1) is 6.92 Å². The van der Waals surface area contributed by atoms with Crippen LogP contribution in [0.3, 0.4) is 0 Å². The minimum absolute atomic E-state index is 0.406. The first-order chi connectivity index (χ1) is 9.91. The minimum atomic E-state index is -4.34. The highest BCUT2D eigenvalue weighted by molar-refractivity contribution is 5.66. The summed E-state index contributed by atoms with van der Waals surface area (Å²) in [6.07, 6.45) is -4.34. The summed E-state index contributed by atoms with van der Waals surface area (Å²) in [6.45, 7) is 2.67. The molecule has 2 aromatic carbocycles. The second-order valence-corrected chi connectivity index (χ2v) is 4.70. The number of alkyl halides is 3. The number of ether oxygens (including phenoxy) is 1. The van der Waals surface area contributed by atoms with E-state index in [-0.39, 0.29) is 0 Å². The van der Waals surface area contributed by atoms with Crippen molar-refractivity contribution in [2.45, 2.75) is 13.1 Å². The average Bonchev–Trinajstić information content (AvgIpc) is 2.45.